The zero-order valence-corrected chi connectivity index (χ0v) is 15.2. The van der Waals surface area contributed by atoms with E-state index in [4.69, 9.17) is 9.15 Å². The van der Waals surface area contributed by atoms with E-state index in [1.807, 2.05) is 6.07 Å². The number of hydrazone groups is 1. The van der Waals surface area contributed by atoms with Crippen molar-refractivity contribution in [2.24, 2.45) is 5.10 Å². The zero-order chi connectivity index (χ0) is 19.3. The minimum absolute atomic E-state index is 0.134. The molecule has 0 unspecified atom stereocenters. The van der Waals surface area contributed by atoms with Crippen molar-refractivity contribution in [1.29, 1.82) is 0 Å². The minimum atomic E-state index is -0.458. The molecule has 1 aromatic heterocycles. The van der Waals surface area contributed by atoms with Crippen LogP contribution in [0.3, 0.4) is 0 Å². The van der Waals surface area contributed by atoms with Crippen LogP contribution >= 0.6 is 0 Å². The number of hydrogen-bond donors (Lipinski definition) is 2. The highest BCUT2D eigenvalue weighted by atomic mass is 16.5. The number of nitrogens with zero attached hydrogens (tertiary/aromatic N) is 1. The average Bonchev–Trinajstić information content (AvgIpc) is 3.35. The predicted molar refractivity (Wildman–Crippen MR) is 105 cm³/mol. The van der Waals surface area contributed by atoms with Crippen molar-refractivity contribution < 1.29 is 19.1 Å². The zero-order valence-electron chi connectivity index (χ0n) is 15.2. The molecular weight excluding hydrogens is 356 g/mol. The number of phenolic OH excluding ortho intramolecular Hbond substituents is 1. The van der Waals surface area contributed by atoms with Crippen LogP contribution in [0.4, 0.5) is 0 Å². The largest absolute Gasteiger partial charge is 0.508 e. The molecule has 6 nitrogen and oxygen atoms in total. The van der Waals surface area contributed by atoms with Crippen LogP contribution in [0.25, 0.3) is 0 Å². The Hall–Kier alpha value is -3.54. The molecule has 28 heavy (non-hydrogen) atoms. The molecule has 1 amide bonds. The first-order valence-electron chi connectivity index (χ1n) is 9.13. The molecule has 0 saturated heterocycles. The summed E-state index contributed by atoms with van der Waals surface area (Å²) >= 11 is 0. The third-order valence-corrected chi connectivity index (χ3v) is 4.59. The van der Waals surface area contributed by atoms with Crippen molar-refractivity contribution in [3.05, 3.63) is 82.8 Å². The molecule has 1 aliphatic carbocycles. The Bertz CT molecular complexity index is 1020. The van der Waals surface area contributed by atoms with Crippen LogP contribution < -0.4 is 10.2 Å². The topological polar surface area (TPSA) is 84.1 Å². The minimum Gasteiger partial charge on any atom is -0.508 e. The third kappa shape index (κ3) is 4.23. The molecular formula is C22H20N2O4. The molecule has 4 rings (SSSR count). The van der Waals surface area contributed by atoms with Crippen LogP contribution in [-0.4, -0.2) is 17.2 Å². The summed E-state index contributed by atoms with van der Waals surface area (Å²) in [5.41, 5.74) is 5.81. The number of aryl methyl sites for hydroxylation is 2. The second-order valence-electron chi connectivity index (χ2n) is 6.63. The van der Waals surface area contributed by atoms with Crippen LogP contribution in [0, 0.1) is 0 Å². The fourth-order valence-corrected chi connectivity index (χ4v) is 3.20. The first-order chi connectivity index (χ1) is 13.7. The van der Waals surface area contributed by atoms with Crippen molar-refractivity contribution >= 4 is 12.1 Å². The fourth-order valence-electron chi connectivity index (χ4n) is 3.20. The van der Waals surface area contributed by atoms with E-state index in [9.17, 15) is 9.90 Å². The lowest BCUT2D eigenvalue weighted by molar-refractivity contribution is 0.0923. The molecule has 0 radical (unpaired) electrons. The highest BCUT2D eigenvalue weighted by Crippen LogP contribution is 2.26. The van der Waals surface area contributed by atoms with Gasteiger partial charge in [0.05, 0.1) is 6.21 Å². The number of phenols is 1. The number of carbonyl (C=O) groups excluding carboxylic acids is 1. The van der Waals surface area contributed by atoms with Gasteiger partial charge in [0, 0.05) is 0 Å². The number of benzene rings is 2. The molecule has 6 heteroatoms. The number of furan rings is 1. The van der Waals surface area contributed by atoms with Gasteiger partial charge in [-0.25, -0.2) is 5.43 Å². The summed E-state index contributed by atoms with van der Waals surface area (Å²) in [4.78, 5) is 12.1. The molecule has 0 spiro atoms. The van der Waals surface area contributed by atoms with Gasteiger partial charge in [-0.15, -0.1) is 0 Å². The van der Waals surface area contributed by atoms with E-state index >= 15 is 0 Å². The van der Waals surface area contributed by atoms with Gasteiger partial charge < -0.3 is 14.3 Å². The van der Waals surface area contributed by atoms with Crippen LogP contribution in [-0.2, 0) is 19.4 Å². The molecule has 1 aliphatic rings. The van der Waals surface area contributed by atoms with Crippen LogP contribution in [0.1, 0.15) is 39.4 Å². The smallest absolute Gasteiger partial charge is 0.307 e. The van der Waals surface area contributed by atoms with Gasteiger partial charge in [0.15, 0.2) is 5.76 Å². The maximum atomic E-state index is 12.1. The van der Waals surface area contributed by atoms with Gasteiger partial charge in [0.2, 0.25) is 0 Å². The standard InChI is InChI=1S/C22H20N2O4/c25-18-6-1-3-15(11-18)13-23-24-22(26)21-10-9-20(28-21)14-27-19-8-7-16-4-2-5-17(16)12-19/h1,3,6-13,25H,2,4-5,14H2,(H,24,26)/b23-13-. The summed E-state index contributed by atoms with van der Waals surface area (Å²) < 4.78 is 11.3. The van der Waals surface area contributed by atoms with Gasteiger partial charge in [-0.2, -0.15) is 5.10 Å². The second-order valence-corrected chi connectivity index (χ2v) is 6.63. The van der Waals surface area contributed by atoms with Crippen LogP contribution in [0.15, 0.2) is 64.1 Å². The van der Waals surface area contributed by atoms with Gasteiger partial charge in [0.1, 0.15) is 23.9 Å². The molecule has 3 aromatic rings. The fraction of sp³-hybridized carbons (Fsp3) is 0.182. The Labute approximate surface area is 162 Å². The Morgan fingerprint density at radius 1 is 1.14 bits per heavy atom. The Morgan fingerprint density at radius 3 is 2.93 bits per heavy atom. The number of nitrogens with one attached hydrogen (secondary N) is 1. The number of aromatic hydroxyl groups is 1. The lowest BCUT2D eigenvalue weighted by Crippen LogP contribution is -2.16. The summed E-state index contributed by atoms with van der Waals surface area (Å²) in [7, 11) is 0. The van der Waals surface area contributed by atoms with Gasteiger partial charge >= 0.3 is 5.91 Å². The number of hydrogen-bond acceptors (Lipinski definition) is 5. The van der Waals surface area contributed by atoms with Gasteiger partial charge in [-0.05, 0) is 72.4 Å². The monoisotopic (exact) mass is 376 g/mol. The normalized spacial score (nSPS) is 12.9. The van der Waals surface area contributed by atoms with Crippen molar-refractivity contribution in [1.82, 2.24) is 5.43 Å². The third-order valence-electron chi connectivity index (χ3n) is 4.59. The molecule has 0 atom stereocenters. The van der Waals surface area contributed by atoms with Crippen LogP contribution in [0.5, 0.6) is 11.5 Å². The maximum Gasteiger partial charge on any atom is 0.307 e. The number of fused-ring (bicyclic) bond motifs is 1. The average molecular weight is 376 g/mol. The molecule has 142 valence electrons. The maximum absolute atomic E-state index is 12.1. The van der Waals surface area contributed by atoms with Crippen LogP contribution in [0.2, 0.25) is 0 Å². The molecule has 2 aromatic carbocycles. The summed E-state index contributed by atoms with van der Waals surface area (Å²) in [6.07, 6.45) is 4.88. The molecule has 0 aliphatic heterocycles. The first-order valence-corrected chi connectivity index (χ1v) is 9.13. The lowest BCUT2D eigenvalue weighted by atomic mass is 10.1. The number of ether oxygens (including phenoxy) is 1. The molecule has 0 saturated carbocycles. The number of rotatable bonds is 6. The Morgan fingerprint density at radius 2 is 2.04 bits per heavy atom. The highest BCUT2D eigenvalue weighted by Gasteiger charge is 2.13. The summed E-state index contributed by atoms with van der Waals surface area (Å²) in [5.74, 6) is 1.19. The van der Waals surface area contributed by atoms with E-state index in [0.29, 0.717) is 11.3 Å². The van der Waals surface area contributed by atoms with Gasteiger partial charge in [-0.3, -0.25) is 4.79 Å². The van der Waals surface area contributed by atoms with Crippen molar-refractivity contribution in [3.8, 4) is 11.5 Å². The highest BCUT2D eigenvalue weighted by molar-refractivity contribution is 5.92. The van der Waals surface area contributed by atoms with Crippen molar-refractivity contribution in [2.45, 2.75) is 25.9 Å². The van der Waals surface area contributed by atoms with Crippen molar-refractivity contribution in [3.63, 3.8) is 0 Å². The SMILES string of the molecule is O=C(N/N=C\c1cccc(O)c1)c1ccc(COc2ccc3c(c2)CCC3)o1. The first kappa shape index (κ1) is 17.9. The summed E-state index contributed by atoms with van der Waals surface area (Å²) in [5, 5.41) is 13.3. The second kappa shape index (κ2) is 8.00. The van der Waals surface area contributed by atoms with Gasteiger partial charge in [-0.1, -0.05) is 18.2 Å². The summed E-state index contributed by atoms with van der Waals surface area (Å²) in [6.45, 7) is 0.249. The van der Waals surface area contributed by atoms with E-state index in [2.05, 4.69) is 22.7 Å². The van der Waals surface area contributed by atoms with E-state index < -0.39 is 5.91 Å². The summed E-state index contributed by atoms with van der Waals surface area (Å²) in [6, 6.07) is 16.0. The van der Waals surface area contributed by atoms with Gasteiger partial charge in [0.25, 0.3) is 0 Å². The number of carbonyl (C=O) groups is 1. The molecule has 2 N–H and O–H groups in total. The van der Waals surface area contributed by atoms with Crippen molar-refractivity contribution in [2.75, 3.05) is 0 Å². The van der Waals surface area contributed by atoms with E-state index in [1.165, 1.54) is 29.8 Å². The van der Waals surface area contributed by atoms with E-state index in [1.54, 1.807) is 30.3 Å². The number of amides is 1. The Kier molecular flexibility index (Phi) is 5.10. The van der Waals surface area contributed by atoms with E-state index in [0.717, 1.165) is 18.6 Å². The molecule has 0 fully saturated rings. The Balaban J connectivity index is 1.31. The quantitative estimate of drug-likeness (QED) is 0.506. The molecule has 0 bridgehead atoms. The van der Waals surface area contributed by atoms with E-state index in [-0.39, 0.29) is 18.1 Å². The molecule has 1 heterocycles. The predicted octanol–water partition coefficient (Wildman–Crippen LogP) is 3.82. The lowest BCUT2D eigenvalue weighted by Gasteiger charge is -2.06.